The van der Waals surface area contributed by atoms with E-state index < -0.39 is 5.97 Å². The van der Waals surface area contributed by atoms with Crippen LogP contribution in [0.15, 0.2) is 65.5 Å². The molecule has 2 aliphatic rings. The lowest BCUT2D eigenvalue weighted by Gasteiger charge is -2.19. The zero-order chi connectivity index (χ0) is 16.9. The molecule has 0 aliphatic heterocycles. The van der Waals surface area contributed by atoms with Gasteiger partial charge in [0.05, 0.1) is 18.4 Å². The summed E-state index contributed by atoms with van der Waals surface area (Å²) in [6, 6.07) is 5.52. The van der Waals surface area contributed by atoms with Crippen molar-refractivity contribution in [2.75, 3.05) is 7.11 Å². The van der Waals surface area contributed by atoms with Crippen LogP contribution in [0.3, 0.4) is 0 Å². The second-order valence-corrected chi connectivity index (χ2v) is 6.18. The maximum atomic E-state index is 11.3. The van der Waals surface area contributed by atoms with Crippen molar-refractivity contribution in [3.05, 3.63) is 82.2 Å². The van der Waals surface area contributed by atoms with Crippen LogP contribution in [0, 0.1) is 0 Å². The minimum Gasteiger partial charge on any atom is -0.501 e. The smallest absolute Gasteiger partial charge is 0.335 e. The van der Waals surface area contributed by atoms with E-state index in [0.717, 1.165) is 43.4 Å². The number of rotatable bonds is 3. The molecule has 0 spiro atoms. The Morgan fingerprint density at radius 3 is 2.71 bits per heavy atom. The highest BCUT2D eigenvalue weighted by atomic mass is 16.5. The van der Waals surface area contributed by atoms with E-state index in [1.165, 1.54) is 16.7 Å². The third kappa shape index (κ3) is 3.67. The zero-order valence-electron chi connectivity index (χ0n) is 13.9. The Kier molecular flexibility index (Phi) is 4.99. The summed E-state index contributed by atoms with van der Waals surface area (Å²) < 4.78 is 5.43. The van der Waals surface area contributed by atoms with Crippen LogP contribution >= 0.6 is 0 Å². The molecule has 0 saturated carbocycles. The summed E-state index contributed by atoms with van der Waals surface area (Å²) in [5.74, 6) is 0.0732. The second kappa shape index (κ2) is 7.35. The highest BCUT2D eigenvalue weighted by molar-refractivity contribution is 5.88. The molecular weight excluding hydrogens is 300 g/mol. The number of benzene rings is 1. The summed E-state index contributed by atoms with van der Waals surface area (Å²) >= 11 is 0. The number of allylic oxidation sites excluding steroid dienone is 7. The number of carbonyl (C=O) groups is 1. The van der Waals surface area contributed by atoms with Crippen LogP contribution in [-0.2, 0) is 17.6 Å². The molecule has 24 heavy (non-hydrogen) atoms. The highest BCUT2D eigenvalue weighted by Crippen LogP contribution is 2.29. The lowest BCUT2D eigenvalue weighted by Crippen LogP contribution is -2.06. The third-order valence-corrected chi connectivity index (χ3v) is 4.61. The number of aromatic carboxylic acids is 1. The molecule has 0 saturated heterocycles. The molecule has 1 N–H and O–H groups in total. The Morgan fingerprint density at radius 2 is 1.92 bits per heavy atom. The molecule has 124 valence electrons. The van der Waals surface area contributed by atoms with E-state index in [1.54, 1.807) is 13.2 Å². The molecule has 0 aromatic heterocycles. The molecule has 0 fully saturated rings. The van der Waals surface area contributed by atoms with Gasteiger partial charge >= 0.3 is 5.97 Å². The van der Waals surface area contributed by atoms with Crippen molar-refractivity contribution in [3.63, 3.8) is 0 Å². The van der Waals surface area contributed by atoms with Crippen molar-refractivity contribution >= 4 is 5.97 Å². The molecule has 1 aromatic carbocycles. The van der Waals surface area contributed by atoms with E-state index in [0.29, 0.717) is 5.56 Å². The number of hydrogen-bond donors (Lipinski definition) is 1. The largest absolute Gasteiger partial charge is 0.501 e. The fourth-order valence-corrected chi connectivity index (χ4v) is 3.26. The number of hydrogen-bond acceptors (Lipinski definition) is 2. The van der Waals surface area contributed by atoms with Crippen LogP contribution in [0.2, 0.25) is 0 Å². The molecule has 3 rings (SSSR count). The maximum Gasteiger partial charge on any atom is 0.335 e. The average molecular weight is 322 g/mol. The summed E-state index contributed by atoms with van der Waals surface area (Å²) in [6.07, 6.45) is 15.1. The number of fused-ring (bicyclic) bond motifs is 1. The second-order valence-electron chi connectivity index (χ2n) is 6.18. The summed E-state index contributed by atoms with van der Waals surface area (Å²) in [6.45, 7) is 0. The van der Waals surface area contributed by atoms with Crippen molar-refractivity contribution in [1.82, 2.24) is 0 Å². The van der Waals surface area contributed by atoms with Crippen LogP contribution < -0.4 is 0 Å². The molecule has 0 atom stereocenters. The van der Waals surface area contributed by atoms with Crippen LogP contribution in [0.5, 0.6) is 0 Å². The maximum absolute atomic E-state index is 11.3. The van der Waals surface area contributed by atoms with Crippen molar-refractivity contribution < 1.29 is 14.6 Å². The van der Waals surface area contributed by atoms with Crippen LogP contribution in [0.1, 0.15) is 40.7 Å². The van der Waals surface area contributed by atoms with Gasteiger partial charge in [-0.25, -0.2) is 4.79 Å². The van der Waals surface area contributed by atoms with Crippen molar-refractivity contribution in [3.8, 4) is 0 Å². The van der Waals surface area contributed by atoms with Crippen LogP contribution in [0.25, 0.3) is 0 Å². The quantitative estimate of drug-likeness (QED) is 0.884. The molecule has 0 amide bonds. The van der Waals surface area contributed by atoms with E-state index in [4.69, 9.17) is 4.74 Å². The Labute approximate surface area is 142 Å². The SMILES string of the molecule is COC1=CC=CC=C(/C2=C/CCCc3ccc(C(=O)O)cc3C2)C1. The lowest BCUT2D eigenvalue weighted by atomic mass is 9.87. The van der Waals surface area contributed by atoms with Crippen LogP contribution in [-0.4, -0.2) is 18.2 Å². The molecule has 0 radical (unpaired) electrons. The van der Waals surface area contributed by atoms with Crippen molar-refractivity contribution in [2.45, 2.75) is 32.1 Å². The Morgan fingerprint density at radius 1 is 1.08 bits per heavy atom. The Hall–Kier alpha value is -2.55. The molecule has 0 unspecified atom stereocenters. The zero-order valence-corrected chi connectivity index (χ0v) is 13.9. The van der Waals surface area contributed by atoms with E-state index in [9.17, 15) is 9.90 Å². The van der Waals surface area contributed by atoms with Gasteiger partial charge in [-0.2, -0.15) is 0 Å². The first kappa shape index (κ1) is 16.3. The summed E-state index contributed by atoms with van der Waals surface area (Å²) in [4.78, 5) is 11.3. The predicted molar refractivity (Wildman–Crippen MR) is 95.1 cm³/mol. The van der Waals surface area contributed by atoms with Gasteiger partial charge in [0, 0.05) is 6.42 Å². The number of carboxylic acids is 1. The normalized spacial score (nSPS) is 19.6. The first-order valence-electron chi connectivity index (χ1n) is 8.32. The molecule has 0 heterocycles. The van der Waals surface area contributed by atoms with Gasteiger partial charge in [0.2, 0.25) is 0 Å². The van der Waals surface area contributed by atoms with Gasteiger partial charge in [-0.05, 0) is 66.2 Å². The minimum absolute atomic E-state index is 0.362. The summed E-state index contributed by atoms with van der Waals surface area (Å²) in [5.41, 5.74) is 5.26. The third-order valence-electron chi connectivity index (χ3n) is 4.61. The molecule has 0 bridgehead atoms. The number of aryl methyl sites for hydroxylation is 1. The molecule has 1 aromatic rings. The number of ether oxygens (including phenoxy) is 1. The van der Waals surface area contributed by atoms with Gasteiger partial charge < -0.3 is 9.84 Å². The van der Waals surface area contributed by atoms with Gasteiger partial charge in [0.15, 0.2) is 0 Å². The molecular formula is C21H22O3. The monoisotopic (exact) mass is 322 g/mol. The molecule has 3 heteroatoms. The van der Waals surface area contributed by atoms with Gasteiger partial charge in [-0.1, -0.05) is 30.4 Å². The molecule has 3 nitrogen and oxygen atoms in total. The number of carboxylic acid groups (broad SMARTS) is 1. The van der Waals surface area contributed by atoms with E-state index in [2.05, 4.69) is 12.2 Å². The van der Waals surface area contributed by atoms with Gasteiger partial charge in [-0.3, -0.25) is 0 Å². The van der Waals surface area contributed by atoms with Crippen LogP contribution in [0.4, 0.5) is 0 Å². The fraction of sp³-hybridized carbons (Fsp3) is 0.286. The van der Waals surface area contributed by atoms with E-state index in [-0.39, 0.29) is 0 Å². The Balaban J connectivity index is 1.93. The minimum atomic E-state index is -0.869. The fourth-order valence-electron chi connectivity index (χ4n) is 3.26. The van der Waals surface area contributed by atoms with Crippen molar-refractivity contribution in [1.29, 1.82) is 0 Å². The molecule has 2 aliphatic carbocycles. The first-order valence-corrected chi connectivity index (χ1v) is 8.32. The Bertz CT molecular complexity index is 763. The average Bonchev–Trinajstić information content (AvgIpc) is 2.80. The summed E-state index contributed by atoms with van der Waals surface area (Å²) in [7, 11) is 1.70. The predicted octanol–water partition coefficient (Wildman–Crippen LogP) is 4.61. The highest BCUT2D eigenvalue weighted by Gasteiger charge is 2.16. The topological polar surface area (TPSA) is 46.5 Å². The standard InChI is InChI=1S/C21H22O3/c1-24-20-9-5-4-8-17(14-20)16-7-3-2-6-15-10-11-18(21(22)23)13-19(15)12-16/h4-5,7-11,13H,2-3,6,12,14H2,1H3,(H,22,23)/b16-7+. The van der Waals surface area contributed by atoms with Crippen molar-refractivity contribution in [2.24, 2.45) is 0 Å². The lowest BCUT2D eigenvalue weighted by molar-refractivity contribution is 0.0696. The summed E-state index contributed by atoms with van der Waals surface area (Å²) in [5, 5.41) is 9.27. The van der Waals surface area contributed by atoms with E-state index >= 15 is 0 Å². The van der Waals surface area contributed by atoms with Gasteiger partial charge in [-0.15, -0.1) is 0 Å². The number of methoxy groups -OCH3 is 1. The van der Waals surface area contributed by atoms with Gasteiger partial charge in [0.25, 0.3) is 0 Å². The van der Waals surface area contributed by atoms with Gasteiger partial charge in [0.1, 0.15) is 0 Å². The first-order chi connectivity index (χ1) is 11.7. The van der Waals surface area contributed by atoms with E-state index in [1.807, 2.05) is 30.4 Å².